The van der Waals surface area contributed by atoms with E-state index in [-0.39, 0.29) is 12.0 Å². The molecule has 1 aromatic carbocycles. The molecule has 5 heteroatoms. The lowest BCUT2D eigenvalue weighted by Crippen LogP contribution is -2.40. The molecule has 1 atom stereocenters. The molecule has 0 aromatic heterocycles. The van der Waals surface area contributed by atoms with Crippen molar-refractivity contribution in [1.29, 1.82) is 0 Å². The second-order valence-electron chi connectivity index (χ2n) is 5.79. The second-order valence-corrected chi connectivity index (χ2v) is 6.23. The molecule has 0 radical (unpaired) electrons. The number of halogens is 1. The van der Waals surface area contributed by atoms with Gasteiger partial charge in [-0.05, 0) is 44.1 Å². The molecule has 2 saturated heterocycles. The molecule has 0 saturated carbocycles. The van der Waals surface area contributed by atoms with Gasteiger partial charge in [-0.3, -0.25) is 4.79 Å². The number of rotatable bonds is 3. The van der Waals surface area contributed by atoms with Crippen molar-refractivity contribution in [1.82, 2.24) is 10.2 Å². The van der Waals surface area contributed by atoms with Gasteiger partial charge in [-0.2, -0.15) is 0 Å². The minimum absolute atomic E-state index is 0.0779. The van der Waals surface area contributed by atoms with Gasteiger partial charge in [-0.25, -0.2) is 0 Å². The maximum Gasteiger partial charge on any atom is 0.225 e. The van der Waals surface area contributed by atoms with Gasteiger partial charge in [0.1, 0.15) is 11.9 Å². The normalized spacial score (nSPS) is 23.3. The van der Waals surface area contributed by atoms with Crippen LogP contribution in [0.5, 0.6) is 5.75 Å². The Morgan fingerprint density at radius 1 is 1.29 bits per heavy atom. The van der Waals surface area contributed by atoms with Crippen LogP contribution in [0.2, 0.25) is 5.02 Å². The summed E-state index contributed by atoms with van der Waals surface area (Å²) in [5, 5.41) is 3.97. The van der Waals surface area contributed by atoms with Gasteiger partial charge < -0.3 is 15.0 Å². The fourth-order valence-electron chi connectivity index (χ4n) is 3.08. The highest BCUT2D eigenvalue weighted by molar-refractivity contribution is 6.30. The zero-order valence-electron chi connectivity index (χ0n) is 12.1. The summed E-state index contributed by atoms with van der Waals surface area (Å²) in [5.41, 5.74) is 0. The molecule has 2 aliphatic rings. The molecule has 21 heavy (non-hydrogen) atoms. The average Bonchev–Trinajstić information content (AvgIpc) is 2.96. The summed E-state index contributed by atoms with van der Waals surface area (Å²) in [5.74, 6) is 1.27. The maximum absolute atomic E-state index is 12.5. The predicted octanol–water partition coefficient (Wildman–Crippen LogP) is 2.32. The molecular formula is C16H21ClN2O2. The molecule has 3 rings (SSSR count). The van der Waals surface area contributed by atoms with Crippen molar-refractivity contribution in [3.8, 4) is 5.75 Å². The van der Waals surface area contributed by atoms with Crippen molar-refractivity contribution < 1.29 is 9.53 Å². The summed E-state index contributed by atoms with van der Waals surface area (Å²) >= 11 is 5.96. The summed E-state index contributed by atoms with van der Waals surface area (Å²) < 4.78 is 5.93. The van der Waals surface area contributed by atoms with Crippen LogP contribution < -0.4 is 10.1 Å². The Labute approximate surface area is 130 Å². The molecule has 1 aromatic rings. The van der Waals surface area contributed by atoms with E-state index >= 15 is 0 Å². The number of carbonyl (C=O) groups is 1. The van der Waals surface area contributed by atoms with Crippen LogP contribution in [-0.2, 0) is 4.79 Å². The number of hydrogen-bond acceptors (Lipinski definition) is 3. The Morgan fingerprint density at radius 3 is 2.86 bits per heavy atom. The maximum atomic E-state index is 12.5. The van der Waals surface area contributed by atoms with Gasteiger partial charge in [0.05, 0.1) is 6.54 Å². The van der Waals surface area contributed by atoms with Gasteiger partial charge in [-0.15, -0.1) is 0 Å². The van der Waals surface area contributed by atoms with Crippen LogP contribution in [0.4, 0.5) is 0 Å². The lowest BCUT2D eigenvalue weighted by atomic mass is 9.97. The molecular weight excluding hydrogens is 288 g/mol. The molecule has 1 N–H and O–H groups in total. The number of amides is 1. The van der Waals surface area contributed by atoms with Gasteiger partial charge in [0.15, 0.2) is 0 Å². The van der Waals surface area contributed by atoms with Crippen molar-refractivity contribution in [2.24, 2.45) is 5.92 Å². The van der Waals surface area contributed by atoms with Crippen molar-refractivity contribution in [3.05, 3.63) is 29.3 Å². The van der Waals surface area contributed by atoms with Crippen LogP contribution in [0.1, 0.15) is 19.3 Å². The number of piperidine rings is 1. The van der Waals surface area contributed by atoms with E-state index in [2.05, 4.69) is 5.32 Å². The third kappa shape index (κ3) is 3.69. The lowest BCUT2D eigenvalue weighted by Gasteiger charge is -2.26. The Hall–Kier alpha value is -1.26. The first kappa shape index (κ1) is 14.7. The zero-order valence-corrected chi connectivity index (χ0v) is 12.8. The standard InChI is InChI=1S/C16H21ClN2O2/c17-13-2-1-3-14(10-13)21-15-6-9-19(11-15)16(20)12-4-7-18-8-5-12/h1-3,10,12,15,18H,4-9,11H2/t15-/m1/s1. The minimum Gasteiger partial charge on any atom is -0.488 e. The number of benzene rings is 1. The third-order valence-electron chi connectivity index (χ3n) is 4.24. The highest BCUT2D eigenvalue weighted by Gasteiger charge is 2.32. The largest absolute Gasteiger partial charge is 0.488 e. The molecule has 2 aliphatic heterocycles. The van der Waals surface area contributed by atoms with Crippen LogP contribution >= 0.6 is 11.6 Å². The SMILES string of the molecule is O=C(C1CCNCC1)N1CC[C@@H](Oc2cccc(Cl)c2)C1. The molecule has 0 bridgehead atoms. The van der Waals surface area contributed by atoms with E-state index in [1.54, 1.807) is 0 Å². The lowest BCUT2D eigenvalue weighted by molar-refractivity contribution is -0.135. The second kappa shape index (κ2) is 6.67. The summed E-state index contributed by atoms with van der Waals surface area (Å²) in [7, 11) is 0. The van der Waals surface area contributed by atoms with E-state index in [4.69, 9.17) is 16.3 Å². The first-order valence-corrected chi connectivity index (χ1v) is 8.02. The van der Waals surface area contributed by atoms with Gasteiger partial charge in [-0.1, -0.05) is 17.7 Å². The summed E-state index contributed by atoms with van der Waals surface area (Å²) in [4.78, 5) is 14.4. The van der Waals surface area contributed by atoms with E-state index in [0.717, 1.165) is 44.6 Å². The van der Waals surface area contributed by atoms with Gasteiger partial charge in [0, 0.05) is 23.9 Å². The number of ether oxygens (including phenoxy) is 1. The minimum atomic E-state index is 0.0779. The molecule has 2 fully saturated rings. The molecule has 1 amide bonds. The predicted molar refractivity (Wildman–Crippen MR) is 82.7 cm³/mol. The van der Waals surface area contributed by atoms with Crippen LogP contribution in [-0.4, -0.2) is 43.1 Å². The third-order valence-corrected chi connectivity index (χ3v) is 4.48. The summed E-state index contributed by atoms with van der Waals surface area (Å²) in [6.45, 7) is 3.39. The summed E-state index contributed by atoms with van der Waals surface area (Å²) in [6, 6.07) is 7.43. The Morgan fingerprint density at radius 2 is 2.10 bits per heavy atom. The van der Waals surface area contributed by atoms with Crippen molar-refractivity contribution in [2.75, 3.05) is 26.2 Å². The molecule has 114 valence electrons. The molecule has 4 nitrogen and oxygen atoms in total. The Balaban J connectivity index is 1.54. The van der Waals surface area contributed by atoms with Crippen molar-refractivity contribution in [2.45, 2.75) is 25.4 Å². The number of nitrogens with zero attached hydrogens (tertiary/aromatic N) is 1. The Bertz CT molecular complexity index is 503. The highest BCUT2D eigenvalue weighted by atomic mass is 35.5. The topological polar surface area (TPSA) is 41.6 Å². The first-order valence-electron chi connectivity index (χ1n) is 7.64. The highest BCUT2D eigenvalue weighted by Crippen LogP contribution is 2.24. The molecule has 0 aliphatic carbocycles. The van der Waals surface area contributed by atoms with Gasteiger partial charge >= 0.3 is 0 Å². The fourth-order valence-corrected chi connectivity index (χ4v) is 3.26. The van der Waals surface area contributed by atoms with Crippen LogP contribution in [0.25, 0.3) is 0 Å². The number of carbonyl (C=O) groups excluding carboxylic acids is 1. The van der Waals surface area contributed by atoms with E-state index in [1.165, 1.54) is 0 Å². The Kier molecular flexibility index (Phi) is 4.66. The quantitative estimate of drug-likeness (QED) is 0.932. The first-order chi connectivity index (χ1) is 10.2. The smallest absolute Gasteiger partial charge is 0.225 e. The van der Waals surface area contributed by atoms with E-state index < -0.39 is 0 Å². The number of nitrogens with one attached hydrogen (secondary N) is 1. The van der Waals surface area contributed by atoms with Gasteiger partial charge in [0.2, 0.25) is 5.91 Å². The molecule has 2 heterocycles. The fraction of sp³-hybridized carbons (Fsp3) is 0.562. The van der Waals surface area contributed by atoms with Gasteiger partial charge in [0.25, 0.3) is 0 Å². The van der Waals surface area contributed by atoms with E-state index in [1.807, 2.05) is 29.2 Å². The molecule has 0 unspecified atom stereocenters. The number of likely N-dealkylation sites (tertiary alicyclic amines) is 1. The van der Waals surface area contributed by atoms with Crippen LogP contribution in [0, 0.1) is 5.92 Å². The van der Waals surface area contributed by atoms with Crippen molar-refractivity contribution in [3.63, 3.8) is 0 Å². The average molecular weight is 309 g/mol. The van der Waals surface area contributed by atoms with Crippen LogP contribution in [0.3, 0.4) is 0 Å². The zero-order chi connectivity index (χ0) is 14.7. The van der Waals surface area contributed by atoms with Crippen LogP contribution in [0.15, 0.2) is 24.3 Å². The van der Waals surface area contributed by atoms with Crippen molar-refractivity contribution >= 4 is 17.5 Å². The van der Waals surface area contributed by atoms with E-state index in [0.29, 0.717) is 17.5 Å². The van der Waals surface area contributed by atoms with E-state index in [9.17, 15) is 4.79 Å². The monoisotopic (exact) mass is 308 g/mol. The summed E-state index contributed by atoms with van der Waals surface area (Å²) in [6.07, 6.45) is 2.88. The number of hydrogen-bond donors (Lipinski definition) is 1. The molecule has 0 spiro atoms.